The van der Waals surface area contributed by atoms with E-state index in [1.807, 2.05) is 6.07 Å². The lowest BCUT2D eigenvalue weighted by molar-refractivity contribution is -0.145. The van der Waals surface area contributed by atoms with E-state index >= 15 is 0 Å². The fourth-order valence-corrected chi connectivity index (χ4v) is 5.44. The van der Waals surface area contributed by atoms with Gasteiger partial charge in [0.25, 0.3) is 0 Å². The lowest BCUT2D eigenvalue weighted by atomic mass is 10.1. The van der Waals surface area contributed by atoms with Crippen molar-refractivity contribution in [1.29, 1.82) is 5.26 Å². The summed E-state index contributed by atoms with van der Waals surface area (Å²) in [5, 5.41) is 11.9. The molecule has 3 heterocycles. The third-order valence-corrected chi connectivity index (χ3v) is 7.58. The maximum atomic E-state index is 14.2. The molecule has 0 bridgehead atoms. The summed E-state index contributed by atoms with van der Waals surface area (Å²) in [7, 11) is -4.33. The van der Waals surface area contributed by atoms with Crippen LogP contribution in [0.25, 0.3) is 11.3 Å². The van der Waals surface area contributed by atoms with Crippen molar-refractivity contribution in [3.63, 3.8) is 0 Å². The number of benzene rings is 1. The van der Waals surface area contributed by atoms with Crippen LogP contribution in [0.2, 0.25) is 0 Å². The number of hydrogen-bond donors (Lipinski definition) is 1. The Morgan fingerprint density at radius 2 is 1.79 bits per heavy atom. The molecule has 0 saturated carbocycles. The minimum Gasteiger partial charge on any atom is -0.351 e. The number of sulfonamides is 1. The fourth-order valence-electron chi connectivity index (χ4n) is 3.81. The third-order valence-electron chi connectivity index (χ3n) is 5.69. The van der Waals surface area contributed by atoms with Crippen LogP contribution in [0.4, 0.5) is 22.0 Å². The first-order chi connectivity index (χ1) is 17.9. The van der Waals surface area contributed by atoms with Crippen molar-refractivity contribution >= 4 is 15.9 Å². The van der Waals surface area contributed by atoms with Gasteiger partial charge in [-0.2, -0.15) is 22.7 Å². The average molecular weight is 552 g/mol. The monoisotopic (exact) mass is 552 g/mol. The first kappa shape index (κ1) is 27.0. The summed E-state index contributed by atoms with van der Waals surface area (Å²) >= 11 is 0. The van der Waals surface area contributed by atoms with E-state index in [1.54, 1.807) is 0 Å². The van der Waals surface area contributed by atoms with E-state index in [0.29, 0.717) is 4.31 Å². The van der Waals surface area contributed by atoms with Crippen LogP contribution < -0.4 is 5.32 Å². The molecule has 0 radical (unpaired) electrons. The van der Waals surface area contributed by atoms with Crippen molar-refractivity contribution < 1.29 is 35.2 Å². The maximum Gasteiger partial charge on any atom is 0.451 e. The molecule has 1 amide bonds. The number of halogens is 5. The number of nitrogens with zero attached hydrogens (tertiary/aromatic N) is 5. The first-order valence-electron chi connectivity index (χ1n) is 10.9. The summed E-state index contributed by atoms with van der Waals surface area (Å²) in [5.41, 5.74) is 0.482. The number of hydrogen-bond acceptors (Lipinski definition) is 7. The van der Waals surface area contributed by atoms with Gasteiger partial charge in [-0.3, -0.25) is 9.78 Å². The van der Waals surface area contributed by atoms with E-state index in [-0.39, 0.29) is 33.8 Å². The van der Waals surface area contributed by atoms with Gasteiger partial charge in [0.2, 0.25) is 21.8 Å². The van der Waals surface area contributed by atoms with Crippen LogP contribution in [0.1, 0.15) is 23.4 Å². The Labute approximate surface area is 213 Å². The van der Waals surface area contributed by atoms with Gasteiger partial charge in [0.15, 0.2) is 0 Å². The molecule has 0 aliphatic carbocycles. The number of nitrogens with one attached hydrogen (secondary N) is 1. The van der Waals surface area contributed by atoms with Crippen LogP contribution in [0, 0.1) is 17.1 Å². The third kappa shape index (κ3) is 5.60. The molecule has 9 nitrogen and oxygen atoms in total. The van der Waals surface area contributed by atoms with Crippen molar-refractivity contribution in [2.24, 2.45) is 0 Å². The number of carbonyl (C=O) groups excluding carboxylic acids is 1. The van der Waals surface area contributed by atoms with Gasteiger partial charge in [-0.25, -0.2) is 27.2 Å². The second kappa shape index (κ2) is 10.4. The molecule has 1 aliphatic heterocycles. The zero-order valence-electron chi connectivity index (χ0n) is 19.2. The molecule has 3 aromatic rings. The Morgan fingerprint density at radius 3 is 2.39 bits per heavy atom. The molecule has 4 rings (SSSR count). The highest BCUT2D eigenvalue weighted by Crippen LogP contribution is 2.29. The van der Waals surface area contributed by atoms with Crippen molar-refractivity contribution in [3.8, 4) is 17.3 Å². The molecule has 0 spiro atoms. The zero-order chi connectivity index (χ0) is 27.7. The Bertz CT molecular complexity index is 1490. The molecule has 1 fully saturated rings. The molecule has 198 valence electrons. The normalized spacial score (nSPS) is 18.2. The molecule has 38 heavy (non-hydrogen) atoms. The van der Waals surface area contributed by atoms with E-state index in [2.05, 4.69) is 20.3 Å². The van der Waals surface area contributed by atoms with Crippen molar-refractivity contribution in [3.05, 3.63) is 71.7 Å². The molecule has 1 N–H and O–H groups in total. The van der Waals surface area contributed by atoms with Crippen LogP contribution in [0.15, 0.2) is 53.8 Å². The summed E-state index contributed by atoms with van der Waals surface area (Å²) in [6.07, 6.45) is -3.81. The summed E-state index contributed by atoms with van der Waals surface area (Å²) in [6, 6.07) is 5.67. The molecule has 2 atom stereocenters. The molecule has 0 unspecified atom stereocenters. The number of pyridine rings is 1. The summed E-state index contributed by atoms with van der Waals surface area (Å²) in [5.74, 6) is -2.85. The van der Waals surface area contributed by atoms with E-state index in [4.69, 9.17) is 0 Å². The van der Waals surface area contributed by atoms with Crippen LogP contribution in [-0.2, 0) is 27.5 Å². The average Bonchev–Trinajstić information content (AvgIpc) is 3.29. The Hall–Kier alpha value is -4.03. The number of carbonyl (C=O) groups is 1. The van der Waals surface area contributed by atoms with Gasteiger partial charge in [-0.05, 0) is 35.9 Å². The highest BCUT2D eigenvalue weighted by Gasteiger charge is 2.44. The first-order valence-corrected chi connectivity index (χ1v) is 12.3. The minimum absolute atomic E-state index is 0.0347. The molecule has 2 aromatic heterocycles. The predicted molar refractivity (Wildman–Crippen MR) is 120 cm³/mol. The standard InChI is InChI=1S/C23H17F5N6O3S/c24-16-1-3-18(4-2-16)38(36,37)34-12-17(25)6-20(34)21(35)31-8-13-5-19(30-9-14(13)7-29)15-10-32-22(33-11-15)23(26,27)28/h1-5,9-11,17,20H,6,8,12H2,(H,31,35)/t17-,20+/m1/s1. The molecule has 15 heteroatoms. The Balaban J connectivity index is 1.53. The quantitative estimate of drug-likeness (QED) is 0.466. The van der Waals surface area contributed by atoms with Gasteiger partial charge in [-0.15, -0.1) is 0 Å². The lowest BCUT2D eigenvalue weighted by Crippen LogP contribution is -2.45. The number of rotatable bonds is 6. The van der Waals surface area contributed by atoms with E-state index in [9.17, 15) is 40.4 Å². The molecule has 1 aromatic carbocycles. The van der Waals surface area contributed by atoms with Gasteiger partial charge in [0.05, 0.1) is 16.2 Å². The second-order valence-electron chi connectivity index (χ2n) is 8.23. The highest BCUT2D eigenvalue weighted by molar-refractivity contribution is 7.89. The van der Waals surface area contributed by atoms with Crippen LogP contribution in [0.5, 0.6) is 0 Å². The summed E-state index contributed by atoms with van der Waals surface area (Å²) in [6.45, 7) is -0.870. The summed E-state index contributed by atoms with van der Waals surface area (Å²) in [4.78, 5) is 23.2. The van der Waals surface area contributed by atoms with Crippen molar-refractivity contribution in [2.75, 3.05) is 6.54 Å². The SMILES string of the molecule is N#Cc1cnc(-c2cnc(C(F)(F)F)nc2)cc1CNC(=O)[C@@H]1C[C@@H](F)CN1S(=O)(=O)c1ccc(F)cc1. The molecule has 1 saturated heterocycles. The van der Waals surface area contributed by atoms with Gasteiger partial charge >= 0.3 is 6.18 Å². The van der Waals surface area contributed by atoms with Gasteiger partial charge < -0.3 is 5.32 Å². The Morgan fingerprint density at radius 1 is 1.13 bits per heavy atom. The van der Waals surface area contributed by atoms with Gasteiger partial charge in [-0.1, -0.05) is 0 Å². The van der Waals surface area contributed by atoms with E-state index < -0.39 is 58.9 Å². The van der Waals surface area contributed by atoms with Crippen molar-refractivity contribution in [2.45, 2.75) is 36.3 Å². The van der Waals surface area contributed by atoms with E-state index in [1.165, 1.54) is 6.07 Å². The number of alkyl halides is 4. The van der Waals surface area contributed by atoms with Crippen LogP contribution >= 0.6 is 0 Å². The second-order valence-corrected chi connectivity index (χ2v) is 10.1. The van der Waals surface area contributed by atoms with E-state index in [0.717, 1.165) is 42.9 Å². The molecule has 1 aliphatic rings. The predicted octanol–water partition coefficient (Wildman–Crippen LogP) is 2.99. The Kier molecular flexibility index (Phi) is 7.38. The largest absolute Gasteiger partial charge is 0.451 e. The molecular formula is C23H17F5N6O3S. The number of nitriles is 1. The highest BCUT2D eigenvalue weighted by atomic mass is 32.2. The van der Waals surface area contributed by atoms with Gasteiger partial charge in [0, 0.05) is 43.7 Å². The number of amides is 1. The minimum atomic E-state index is -4.73. The van der Waals surface area contributed by atoms with Crippen LogP contribution in [0.3, 0.4) is 0 Å². The maximum absolute atomic E-state index is 14.2. The number of aromatic nitrogens is 3. The molecular weight excluding hydrogens is 535 g/mol. The van der Waals surface area contributed by atoms with Gasteiger partial charge in [0.1, 0.15) is 24.1 Å². The van der Waals surface area contributed by atoms with Crippen molar-refractivity contribution in [1.82, 2.24) is 24.6 Å². The zero-order valence-corrected chi connectivity index (χ0v) is 20.0. The topological polar surface area (TPSA) is 129 Å². The van der Waals surface area contributed by atoms with Crippen LogP contribution in [-0.4, -0.2) is 52.3 Å². The fraction of sp³-hybridized carbons (Fsp3) is 0.261. The summed E-state index contributed by atoms with van der Waals surface area (Å²) < 4.78 is 92.3. The smallest absolute Gasteiger partial charge is 0.351 e. The lowest BCUT2D eigenvalue weighted by Gasteiger charge is -2.23.